The van der Waals surface area contributed by atoms with Crippen LogP contribution >= 0.6 is 7.75 Å². The van der Waals surface area contributed by atoms with Gasteiger partial charge in [0.05, 0.1) is 25.1 Å². The summed E-state index contributed by atoms with van der Waals surface area (Å²) >= 11 is 0. The molecule has 37 heavy (non-hydrogen) atoms. The minimum Gasteiger partial charge on any atom is -0.462 e. The molecular formula is C23H31N6O7P. The number of carbonyl (C=O) groups is 1. The number of nitrogens with two attached hydrogens (primary N) is 1. The Balaban J connectivity index is 1.48. The molecule has 0 radical (unpaired) electrons. The topological polar surface area (TPSA) is 173 Å². The van der Waals surface area contributed by atoms with Crippen LogP contribution in [0.4, 0.5) is 5.95 Å². The van der Waals surface area contributed by atoms with Gasteiger partial charge in [0.2, 0.25) is 5.95 Å². The van der Waals surface area contributed by atoms with E-state index in [0.717, 1.165) is 0 Å². The number of imidazole rings is 1. The second-order valence-corrected chi connectivity index (χ2v) is 10.9. The number of hydrogen-bond donors (Lipinski definition) is 3. The maximum absolute atomic E-state index is 13.7. The molecule has 0 bridgehead atoms. The van der Waals surface area contributed by atoms with E-state index in [2.05, 4.69) is 20.0 Å². The van der Waals surface area contributed by atoms with Crippen LogP contribution in [0, 0.1) is 5.92 Å². The molecule has 4 rings (SSSR count). The number of carbonyl (C=O) groups excluding carboxylic acids is 1. The molecule has 13 nitrogen and oxygen atoms in total. The molecule has 1 aromatic carbocycles. The first kappa shape index (κ1) is 26.8. The molecule has 3 aromatic rings. The highest BCUT2D eigenvalue weighted by molar-refractivity contribution is 7.52. The Bertz CT molecular complexity index is 1340. The van der Waals surface area contributed by atoms with E-state index in [4.69, 9.17) is 24.3 Å². The number of benzene rings is 1. The van der Waals surface area contributed by atoms with Crippen molar-refractivity contribution in [2.24, 2.45) is 5.92 Å². The van der Waals surface area contributed by atoms with Crippen molar-refractivity contribution < 1.29 is 27.9 Å². The summed E-state index contributed by atoms with van der Waals surface area (Å²) in [6.45, 7) is 6.84. The standard InChI is InChI=1S/C23H31N6O7P/c1-13(2)34-22(31)15(4)28-37(32,36-16-8-6-5-7-9-16)33-11-17-10-14(3)21(35-17)29-12-25-18-19(29)26-23(24)27-20(18)30/h5-9,12-15,17,21H,10-11H2,1-4H3,(H,28,32)(H3,24,26,27,30)/t14-,15?,17-,21+,37?/m0/s1. The van der Waals surface area contributed by atoms with Gasteiger partial charge in [-0.25, -0.2) is 9.55 Å². The van der Waals surface area contributed by atoms with E-state index in [1.165, 1.54) is 13.3 Å². The molecule has 2 unspecified atom stereocenters. The number of aromatic amines is 1. The summed E-state index contributed by atoms with van der Waals surface area (Å²) in [5.74, 6) is -0.328. The van der Waals surface area contributed by atoms with Crippen molar-refractivity contribution in [3.05, 3.63) is 47.0 Å². The minimum atomic E-state index is -4.02. The van der Waals surface area contributed by atoms with Crippen molar-refractivity contribution in [1.82, 2.24) is 24.6 Å². The van der Waals surface area contributed by atoms with Crippen molar-refractivity contribution in [1.29, 1.82) is 0 Å². The monoisotopic (exact) mass is 534 g/mol. The number of rotatable bonds is 10. The molecule has 1 fully saturated rings. The zero-order valence-electron chi connectivity index (χ0n) is 21.0. The van der Waals surface area contributed by atoms with E-state index >= 15 is 0 Å². The first-order chi connectivity index (χ1) is 17.5. The quantitative estimate of drug-likeness (QED) is 0.258. The van der Waals surface area contributed by atoms with Crippen LogP contribution in [0.25, 0.3) is 11.2 Å². The van der Waals surface area contributed by atoms with Crippen molar-refractivity contribution in [2.45, 2.75) is 58.6 Å². The lowest BCUT2D eigenvalue weighted by Gasteiger charge is -2.24. The number of aromatic nitrogens is 4. The predicted octanol–water partition coefficient (Wildman–Crippen LogP) is 2.76. The number of nitrogen functional groups attached to an aromatic ring is 1. The Morgan fingerprint density at radius 1 is 1.32 bits per heavy atom. The number of esters is 1. The summed E-state index contributed by atoms with van der Waals surface area (Å²) in [6, 6.07) is 7.54. The molecular weight excluding hydrogens is 503 g/mol. The molecule has 1 aliphatic heterocycles. The third kappa shape index (κ3) is 6.37. The van der Waals surface area contributed by atoms with E-state index in [-0.39, 0.29) is 30.1 Å². The number of nitrogens with zero attached hydrogens (tertiary/aromatic N) is 3. The van der Waals surface area contributed by atoms with Gasteiger partial charge in [0, 0.05) is 5.92 Å². The molecule has 4 N–H and O–H groups in total. The van der Waals surface area contributed by atoms with Gasteiger partial charge in [0.25, 0.3) is 5.56 Å². The number of fused-ring (bicyclic) bond motifs is 1. The zero-order valence-corrected chi connectivity index (χ0v) is 21.9. The highest BCUT2D eigenvalue weighted by atomic mass is 31.2. The van der Waals surface area contributed by atoms with Gasteiger partial charge >= 0.3 is 13.7 Å². The maximum atomic E-state index is 13.7. The lowest BCUT2D eigenvalue weighted by Crippen LogP contribution is -2.36. The molecule has 1 aliphatic rings. The van der Waals surface area contributed by atoms with Crippen molar-refractivity contribution in [3.8, 4) is 5.75 Å². The van der Waals surface area contributed by atoms with Crippen molar-refractivity contribution in [3.63, 3.8) is 0 Å². The Morgan fingerprint density at radius 2 is 2.05 bits per heavy atom. The summed E-state index contributed by atoms with van der Waals surface area (Å²) in [6.07, 6.45) is 0.721. The summed E-state index contributed by atoms with van der Waals surface area (Å²) in [5, 5.41) is 2.66. The van der Waals surface area contributed by atoms with Crippen LogP contribution in [0.1, 0.15) is 40.3 Å². The van der Waals surface area contributed by atoms with Crippen LogP contribution in [0.5, 0.6) is 5.75 Å². The molecule has 200 valence electrons. The lowest BCUT2D eigenvalue weighted by molar-refractivity contribution is -0.149. The molecule has 0 aliphatic carbocycles. The van der Waals surface area contributed by atoms with Gasteiger partial charge in [-0.15, -0.1) is 0 Å². The SMILES string of the molecule is CC(C)OC(=O)C(C)NP(=O)(OC[C@@H]1C[C@H](C)[C@H](n2cnc3c(=O)[nH]c(N)nc32)O1)Oc1ccccc1. The van der Waals surface area contributed by atoms with E-state index in [0.29, 0.717) is 17.8 Å². The number of para-hydroxylation sites is 1. The number of anilines is 1. The van der Waals surface area contributed by atoms with Gasteiger partial charge in [0.15, 0.2) is 11.2 Å². The van der Waals surface area contributed by atoms with Gasteiger partial charge < -0.3 is 19.7 Å². The van der Waals surface area contributed by atoms with Crippen LogP contribution in [-0.4, -0.2) is 50.3 Å². The maximum Gasteiger partial charge on any atom is 0.459 e. The van der Waals surface area contributed by atoms with Gasteiger partial charge in [-0.2, -0.15) is 10.1 Å². The number of nitrogens with one attached hydrogen (secondary N) is 2. The Labute approximate surface area is 213 Å². The molecule has 1 saturated heterocycles. The zero-order chi connectivity index (χ0) is 26.7. The molecule has 0 spiro atoms. The van der Waals surface area contributed by atoms with Crippen molar-refractivity contribution >= 4 is 30.8 Å². The van der Waals surface area contributed by atoms with Gasteiger partial charge in [-0.05, 0) is 39.3 Å². The van der Waals surface area contributed by atoms with E-state index in [1.54, 1.807) is 48.7 Å². The molecule has 0 saturated carbocycles. The van der Waals surface area contributed by atoms with Crippen LogP contribution in [0.3, 0.4) is 0 Å². The summed E-state index contributed by atoms with van der Waals surface area (Å²) in [5.41, 5.74) is 5.72. The van der Waals surface area contributed by atoms with Gasteiger partial charge in [-0.1, -0.05) is 25.1 Å². The van der Waals surface area contributed by atoms with E-state index in [1.807, 2.05) is 6.92 Å². The molecule has 3 heterocycles. The number of ether oxygens (including phenoxy) is 2. The molecule has 5 atom stereocenters. The summed E-state index contributed by atoms with van der Waals surface area (Å²) < 4.78 is 38.1. The average Bonchev–Trinajstić information content (AvgIpc) is 3.41. The minimum absolute atomic E-state index is 0.0179. The summed E-state index contributed by atoms with van der Waals surface area (Å²) in [4.78, 5) is 35.2. The van der Waals surface area contributed by atoms with E-state index < -0.39 is 37.6 Å². The third-order valence-electron chi connectivity index (χ3n) is 5.63. The highest BCUT2D eigenvalue weighted by Gasteiger charge is 2.38. The average molecular weight is 535 g/mol. The van der Waals surface area contributed by atoms with Gasteiger partial charge in [0.1, 0.15) is 18.0 Å². The molecule has 2 aromatic heterocycles. The normalized spacial score (nSPS) is 22.1. The first-order valence-electron chi connectivity index (χ1n) is 11.9. The fourth-order valence-corrected chi connectivity index (χ4v) is 5.53. The van der Waals surface area contributed by atoms with Crippen LogP contribution in [0.15, 0.2) is 41.5 Å². The predicted molar refractivity (Wildman–Crippen MR) is 135 cm³/mol. The smallest absolute Gasteiger partial charge is 0.459 e. The Kier molecular flexibility index (Phi) is 7.98. The van der Waals surface area contributed by atoms with Gasteiger partial charge in [-0.3, -0.25) is 23.7 Å². The molecule has 0 amide bonds. The summed E-state index contributed by atoms with van der Waals surface area (Å²) in [7, 11) is -4.02. The second-order valence-electron chi connectivity index (χ2n) is 9.17. The molecule has 14 heteroatoms. The van der Waals surface area contributed by atoms with E-state index in [9.17, 15) is 14.2 Å². The first-order valence-corrected chi connectivity index (χ1v) is 13.4. The highest BCUT2D eigenvalue weighted by Crippen LogP contribution is 2.46. The fraction of sp³-hybridized carbons (Fsp3) is 0.478. The number of hydrogen-bond acceptors (Lipinski definition) is 10. The Hall–Kier alpha value is -3.25. The van der Waals surface area contributed by atoms with Crippen molar-refractivity contribution in [2.75, 3.05) is 12.3 Å². The van der Waals surface area contributed by atoms with Crippen LogP contribution in [0.2, 0.25) is 0 Å². The largest absolute Gasteiger partial charge is 0.462 e. The van der Waals surface area contributed by atoms with Crippen LogP contribution in [-0.2, 0) is 23.4 Å². The second kappa shape index (κ2) is 11.0. The fourth-order valence-electron chi connectivity index (χ4n) is 4.01. The lowest BCUT2D eigenvalue weighted by atomic mass is 10.1. The number of H-pyrrole nitrogens is 1. The Morgan fingerprint density at radius 3 is 2.76 bits per heavy atom. The third-order valence-corrected chi connectivity index (χ3v) is 7.28. The van der Waals surface area contributed by atoms with Crippen LogP contribution < -0.4 is 20.9 Å².